The molecule has 0 radical (unpaired) electrons. The molecule has 0 aromatic heterocycles. The first kappa shape index (κ1) is 19.2. The van der Waals surface area contributed by atoms with Gasteiger partial charge in [0.2, 0.25) is 0 Å². The van der Waals surface area contributed by atoms with Gasteiger partial charge in [0, 0.05) is 23.0 Å². The fourth-order valence-corrected chi connectivity index (χ4v) is 5.31. The molecule has 1 fully saturated rings. The number of anilines is 4. The van der Waals surface area contributed by atoms with E-state index < -0.39 is 0 Å². The molecule has 0 spiro atoms. The molecule has 3 aromatic carbocycles. The molecule has 30 heavy (non-hydrogen) atoms. The molecule has 4 heteroatoms. The van der Waals surface area contributed by atoms with Crippen LogP contribution in [0.5, 0.6) is 0 Å². The molecule has 3 aromatic rings. The summed E-state index contributed by atoms with van der Waals surface area (Å²) in [5.74, 6) is 7.67. The van der Waals surface area contributed by atoms with Gasteiger partial charge in [-0.05, 0) is 73.3 Å². The molecule has 3 unspecified atom stereocenters. The van der Waals surface area contributed by atoms with Gasteiger partial charge in [0.05, 0.1) is 5.69 Å². The average molecular weight is 399 g/mol. The normalized spacial score (nSPS) is 22.5. The van der Waals surface area contributed by atoms with E-state index in [1.807, 2.05) is 5.01 Å². The Morgan fingerprint density at radius 3 is 2.23 bits per heavy atom. The van der Waals surface area contributed by atoms with Crippen LogP contribution in [0.2, 0.25) is 0 Å². The van der Waals surface area contributed by atoms with Gasteiger partial charge in [0.25, 0.3) is 0 Å². The Kier molecular flexibility index (Phi) is 5.19. The van der Waals surface area contributed by atoms with Gasteiger partial charge in [-0.1, -0.05) is 49.7 Å². The van der Waals surface area contributed by atoms with Crippen molar-refractivity contribution in [2.45, 2.75) is 38.3 Å². The topological polar surface area (TPSA) is 44.5 Å². The maximum absolute atomic E-state index is 6.57. The molecule has 3 N–H and O–H groups in total. The molecule has 2 aliphatic rings. The summed E-state index contributed by atoms with van der Waals surface area (Å²) in [5, 5.41) is 5.62. The van der Waals surface area contributed by atoms with Gasteiger partial charge in [-0.25, -0.2) is 5.84 Å². The van der Waals surface area contributed by atoms with E-state index in [1.54, 1.807) is 0 Å². The van der Waals surface area contributed by atoms with Crippen molar-refractivity contribution in [3.05, 3.63) is 84.4 Å². The van der Waals surface area contributed by atoms with Crippen molar-refractivity contribution in [2.24, 2.45) is 11.8 Å². The van der Waals surface area contributed by atoms with Crippen LogP contribution >= 0.6 is 0 Å². The molecule has 3 atom stereocenters. The molecule has 0 saturated carbocycles. The van der Waals surface area contributed by atoms with Gasteiger partial charge >= 0.3 is 0 Å². The lowest BCUT2D eigenvalue weighted by Crippen LogP contribution is -2.54. The molecule has 0 amide bonds. The maximum atomic E-state index is 6.57. The number of nitrogens with one attached hydrogen (secondary N) is 1. The Balaban J connectivity index is 1.61. The van der Waals surface area contributed by atoms with E-state index in [0.29, 0.717) is 11.8 Å². The highest BCUT2D eigenvalue weighted by molar-refractivity contribution is 5.79. The second-order valence-corrected chi connectivity index (χ2v) is 8.42. The van der Waals surface area contributed by atoms with Crippen molar-refractivity contribution >= 4 is 22.7 Å². The largest absolute Gasteiger partial charge is 0.310 e. The average Bonchev–Trinajstić information content (AvgIpc) is 3.08. The molecule has 1 saturated heterocycles. The lowest BCUT2D eigenvalue weighted by Gasteiger charge is -2.37. The zero-order valence-electron chi connectivity index (χ0n) is 17.5. The Morgan fingerprint density at radius 1 is 0.933 bits per heavy atom. The number of para-hydroxylation sites is 2. The Hall–Kier alpha value is -2.82. The first-order valence-corrected chi connectivity index (χ1v) is 11.1. The monoisotopic (exact) mass is 398 g/mol. The zero-order valence-corrected chi connectivity index (χ0v) is 17.5. The van der Waals surface area contributed by atoms with E-state index >= 15 is 0 Å². The van der Waals surface area contributed by atoms with E-state index in [2.05, 4.69) is 96.0 Å². The molecule has 4 nitrogen and oxygen atoms in total. The van der Waals surface area contributed by atoms with Crippen LogP contribution < -0.4 is 21.1 Å². The summed E-state index contributed by atoms with van der Waals surface area (Å²) in [7, 11) is 0. The van der Waals surface area contributed by atoms with Gasteiger partial charge in [0.15, 0.2) is 0 Å². The summed E-state index contributed by atoms with van der Waals surface area (Å²) in [6, 6.07) is 28.0. The van der Waals surface area contributed by atoms with Crippen LogP contribution in [0.15, 0.2) is 78.9 Å². The Bertz CT molecular complexity index is 947. The summed E-state index contributed by atoms with van der Waals surface area (Å²) >= 11 is 0. The van der Waals surface area contributed by atoms with Crippen LogP contribution in [0.4, 0.5) is 22.7 Å². The minimum atomic E-state index is 0.197. The molecular formula is C26H30N4. The van der Waals surface area contributed by atoms with Gasteiger partial charge in [-0.15, -0.1) is 0 Å². The molecule has 5 rings (SSSR count). The fraction of sp³-hybridized carbons (Fsp3) is 0.308. The van der Waals surface area contributed by atoms with Crippen LogP contribution in [0.1, 0.15) is 37.7 Å². The van der Waals surface area contributed by atoms with Crippen molar-refractivity contribution < 1.29 is 0 Å². The number of rotatable bonds is 5. The van der Waals surface area contributed by atoms with E-state index in [-0.39, 0.29) is 6.17 Å². The summed E-state index contributed by atoms with van der Waals surface area (Å²) in [6.07, 6.45) is 3.88. The number of nitrogens with zero attached hydrogens (tertiary/aromatic N) is 2. The summed E-state index contributed by atoms with van der Waals surface area (Å²) < 4.78 is 0. The standard InChI is InChI=1S/C26H30N4/c1-2-9-19-16-17-28-26-25(19)23-18-22(14-15-24(23)30(26)27)29(20-10-5-3-6-11-20)21-12-7-4-8-13-21/h3-8,10-15,18-19,25-26,28H,2,9,16-17,27H2,1H3. The smallest absolute Gasteiger partial charge is 0.102 e. The third kappa shape index (κ3) is 3.26. The molecule has 154 valence electrons. The third-order valence-corrected chi connectivity index (χ3v) is 6.61. The van der Waals surface area contributed by atoms with E-state index in [4.69, 9.17) is 5.84 Å². The second-order valence-electron chi connectivity index (χ2n) is 8.42. The van der Waals surface area contributed by atoms with Crippen LogP contribution in [0, 0.1) is 5.92 Å². The number of nitrogens with two attached hydrogens (primary N) is 1. The highest BCUT2D eigenvalue weighted by Gasteiger charge is 2.43. The SMILES string of the molecule is CCCC1CCNC2C1c1cc(N(c3ccccc3)c3ccccc3)ccc1N2N. The highest BCUT2D eigenvalue weighted by atomic mass is 15.5. The maximum Gasteiger partial charge on any atom is 0.102 e. The zero-order chi connectivity index (χ0) is 20.5. The van der Waals surface area contributed by atoms with Crippen molar-refractivity contribution in [2.75, 3.05) is 16.5 Å². The Labute approximate surface area is 179 Å². The third-order valence-electron chi connectivity index (χ3n) is 6.61. The van der Waals surface area contributed by atoms with Crippen molar-refractivity contribution in [1.82, 2.24) is 5.32 Å². The Morgan fingerprint density at radius 2 is 1.60 bits per heavy atom. The number of piperidine rings is 1. The van der Waals surface area contributed by atoms with E-state index in [1.165, 1.54) is 30.5 Å². The van der Waals surface area contributed by atoms with Gasteiger partial charge in [0.1, 0.15) is 6.17 Å². The fourth-order valence-electron chi connectivity index (χ4n) is 5.31. The molecule has 0 aliphatic carbocycles. The number of hydrogen-bond donors (Lipinski definition) is 2. The first-order chi connectivity index (χ1) is 14.8. The summed E-state index contributed by atoms with van der Waals surface area (Å²) in [5.41, 5.74) is 6.04. The molecule has 2 aliphatic heterocycles. The number of hydrazine groups is 1. The predicted octanol–water partition coefficient (Wildman–Crippen LogP) is 5.67. The lowest BCUT2D eigenvalue weighted by atomic mass is 9.78. The second kappa shape index (κ2) is 8.13. The lowest BCUT2D eigenvalue weighted by molar-refractivity contribution is 0.249. The molecule has 0 bridgehead atoms. The van der Waals surface area contributed by atoms with Crippen molar-refractivity contribution in [3.63, 3.8) is 0 Å². The van der Waals surface area contributed by atoms with Gasteiger partial charge in [-0.3, -0.25) is 10.3 Å². The van der Waals surface area contributed by atoms with Crippen LogP contribution in [-0.4, -0.2) is 12.7 Å². The van der Waals surface area contributed by atoms with Gasteiger partial charge in [-0.2, -0.15) is 0 Å². The highest BCUT2D eigenvalue weighted by Crippen LogP contribution is 2.48. The minimum absolute atomic E-state index is 0.197. The van der Waals surface area contributed by atoms with E-state index in [9.17, 15) is 0 Å². The quantitative estimate of drug-likeness (QED) is 0.544. The number of fused-ring (bicyclic) bond motifs is 3. The summed E-state index contributed by atoms with van der Waals surface area (Å²) in [4.78, 5) is 2.33. The van der Waals surface area contributed by atoms with Crippen LogP contribution in [0.25, 0.3) is 0 Å². The first-order valence-electron chi connectivity index (χ1n) is 11.1. The number of benzene rings is 3. The predicted molar refractivity (Wildman–Crippen MR) is 125 cm³/mol. The molecular weight excluding hydrogens is 368 g/mol. The van der Waals surface area contributed by atoms with Gasteiger partial charge < -0.3 is 4.90 Å². The van der Waals surface area contributed by atoms with Crippen molar-refractivity contribution in [1.29, 1.82) is 0 Å². The van der Waals surface area contributed by atoms with E-state index in [0.717, 1.165) is 23.6 Å². The van der Waals surface area contributed by atoms with Crippen LogP contribution in [0.3, 0.4) is 0 Å². The molecule has 2 heterocycles. The summed E-state index contributed by atoms with van der Waals surface area (Å²) in [6.45, 7) is 3.33. The minimum Gasteiger partial charge on any atom is -0.310 e. The van der Waals surface area contributed by atoms with Crippen LogP contribution in [-0.2, 0) is 0 Å². The van der Waals surface area contributed by atoms with Crippen molar-refractivity contribution in [3.8, 4) is 0 Å². The number of hydrogen-bond acceptors (Lipinski definition) is 4.